The number of phenols is 1. The van der Waals surface area contributed by atoms with E-state index in [4.69, 9.17) is 16.3 Å². The molecule has 1 aliphatic rings. The Morgan fingerprint density at radius 3 is 2.73 bits per heavy atom. The molecule has 8 heteroatoms. The highest BCUT2D eigenvalue weighted by Crippen LogP contribution is 2.39. The fourth-order valence-electron chi connectivity index (χ4n) is 2.43. The summed E-state index contributed by atoms with van der Waals surface area (Å²) >= 11 is 10.3. The Morgan fingerprint density at radius 1 is 1.31 bits per heavy atom. The zero-order valence-corrected chi connectivity index (χ0v) is 16.7. The minimum Gasteiger partial charge on any atom is -0.504 e. The van der Waals surface area contributed by atoms with Gasteiger partial charge in [0.2, 0.25) is 0 Å². The van der Waals surface area contributed by atoms with Gasteiger partial charge in [-0.3, -0.25) is 14.5 Å². The first-order valence-electron chi connectivity index (χ1n) is 7.46. The van der Waals surface area contributed by atoms with E-state index in [1.54, 1.807) is 36.4 Å². The van der Waals surface area contributed by atoms with Crippen molar-refractivity contribution in [2.24, 2.45) is 0 Å². The lowest BCUT2D eigenvalue weighted by Gasteiger charge is -2.13. The highest BCUT2D eigenvalue weighted by molar-refractivity contribution is 9.10. The van der Waals surface area contributed by atoms with Gasteiger partial charge in [0.15, 0.2) is 11.5 Å². The van der Waals surface area contributed by atoms with Crippen molar-refractivity contribution in [3.8, 4) is 11.5 Å². The predicted octanol–water partition coefficient (Wildman–Crippen LogP) is 5.05. The van der Waals surface area contributed by atoms with Gasteiger partial charge in [-0.15, -0.1) is 0 Å². The number of imide groups is 1. The van der Waals surface area contributed by atoms with E-state index in [2.05, 4.69) is 15.9 Å². The van der Waals surface area contributed by atoms with Crippen molar-refractivity contribution in [3.63, 3.8) is 0 Å². The van der Waals surface area contributed by atoms with Crippen LogP contribution in [-0.4, -0.2) is 28.3 Å². The second-order valence-electron chi connectivity index (χ2n) is 5.41. The van der Waals surface area contributed by atoms with Gasteiger partial charge in [0.05, 0.1) is 18.6 Å². The van der Waals surface area contributed by atoms with Gasteiger partial charge >= 0.3 is 0 Å². The number of rotatable bonds is 4. The summed E-state index contributed by atoms with van der Waals surface area (Å²) in [6.45, 7) is 0.0927. The topological polar surface area (TPSA) is 66.8 Å². The monoisotopic (exact) mass is 453 g/mol. The molecule has 0 aromatic heterocycles. The standard InChI is InChI=1S/C18H13BrClNO4S/c1-25-14-8-12(19)6-11(16(14)22)7-15-17(23)21(18(24)26-15)9-10-4-2-3-5-13(10)20/h2-8,22H,9H2,1H3/b15-7-. The molecular formula is C18H13BrClNO4S. The maximum absolute atomic E-state index is 12.6. The van der Waals surface area contributed by atoms with Crippen LogP contribution in [0.4, 0.5) is 4.79 Å². The van der Waals surface area contributed by atoms with E-state index in [-0.39, 0.29) is 28.2 Å². The van der Waals surface area contributed by atoms with Crippen LogP contribution in [-0.2, 0) is 11.3 Å². The smallest absolute Gasteiger partial charge is 0.293 e. The summed E-state index contributed by atoms with van der Waals surface area (Å²) in [6.07, 6.45) is 1.47. The van der Waals surface area contributed by atoms with Crippen LogP contribution in [0.1, 0.15) is 11.1 Å². The molecule has 0 bridgehead atoms. The zero-order valence-electron chi connectivity index (χ0n) is 13.5. The second-order valence-corrected chi connectivity index (χ2v) is 7.72. The molecule has 1 fully saturated rings. The molecular weight excluding hydrogens is 442 g/mol. The van der Waals surface area contributed by atoms with Gasteiger partial charge < -0.3 is 9.84 Å². The minimum atomic E-state index is -0.432. The van der Waals surface area contributed by atoms with Crippen molar-refractivity contribution in [2.75, 3.05) is 7.11 Å². The van der Waals surface area contributed by atoms with E-state index < -0.39 is 5.91 Å². The van der Waals surface area contributed by atoms with Crippen LogP contribution in [0.3, 0.4) is 0 Å². The molecule has 0 unspecified atom stereocenters. The van der Waals surface area contributed by atoms with E-state index in [1.165, 1.54) is 13.2 Å². The molecule has 1 N–H and O–H groups in total. The van der Waals surface area contributed by atoms with E-state index >= 15 is 0 Å². The number of thioether (sulfide) groups is 1. The number of aromatic hydroxyl groups is 1. The predicted molar refractivity (Wildman–Crippen MR) is 105 cm³/mol. The Balaban J connectivity index is 1.91. The van der Waals surface area contributed by atoms with Crippen LogP contribution in [0, 0.1) is 0 Å². The summed E-state index contributed by atoms with van der Waals surface area (Å²) in [4.78, 5) is 26.2. The van der Waals surface area contributed by atoms with Gasteiger partial charge in [-0.2, -0.15) is 0 Å². The normalized spacial score (nSPS) is 15.8. The Labute approximate surface area is 167 Å². The summed E-state index contributed by atoms with van der Waals surface area (Å²) in [5.41, 5.74) is 1.06. The molecule has 26 heavy (non-hydrogen) atoms. The summed E-state index contributed by atoms with van der Waals surface area (Å²) in [7, 11) is 1.43. The number of nitrogens with zero attached hydrogens (tertiary/aromatic N) is 1. The first-order chi connectivity index (χ1) is 12.4. The van der Waals surface area contributed by atoms with E-state index in [0.29, 0.717) is 20.6 Å². The quantitative estimate of drug-likeness (QED) is 0.655. The zero-order chi connectivity index (χ0) is 18.8. The van der Waals surface area contributed by atoms with E-state index in [1.807, 2.05) is 0 Å². The average molecular weight is 455 g/mol. The Bertz CT molecular complexity index is 931. The third-order valence-corrected chi connectivity index (χ3v) is 5.47. The van der Waals surface area contributed by atoms with Crippen molar-refractivity contribution in [1.29, 1.82) is 0 Å². The molecule has 1 saturated heterocycles. The fourth-order valence-corrected chi connectivity index (χ4v) is 3.91. The molecule has 0 atom stereocenters. The van der Waals surface area contributed by atoms with Crippen molar-refractivity contribution in [3.05, 3.63) is 61.9 Å². The molecule has 1 aliphatic heterocycles. The van der Waals surface area contributed by atoms with Crippen molar-refractivity contribution < 1.29 is 19.4 Å². The lowest BCUT2D eigenvalue weighted by molar-refractivity contribution is -0.123. The number of hydrogen-bond acceptors (Lipinski definition) is 5. The molecule has 0 aliphatic carbocycles. The van der Waals surface area contributed by atoms with E-state index in [9.17, 15) is 14.7 Å². The van der Waals surface area contributed by atoms with Gasteiger partial charge in [0.1, 0.15) is 0 Å². The lowest BCUT2D eigenvalue weighted by Crippen LogP contribution is -2.27. The third-order valence-electron chi connectivity index (χ3n) is 3.74. The minimum absolute atomic E-state index is 0.0927. The molecule has 3 rings (SSSR count). The molecule has 2 amide bonds. The number of carbonyl (C=O) groups excluding carboxylic acids is 2. The van der Waals surface area contributed by atoms with Crippen LogP contribution >= 0.6 is 39.3 Å². The molecule has 5 nitrogen and oxygen atoms in total. The number of phenolic OH excluding ortho intramolecular Hbond substituents is 1. The van der Waals surface area contributed by atoms with Crippen LogP contribution < -0.4 is 4.74 Å². The lowest BCUT2D eigenvalue weighted by atomic mass is 10.1. The van der Waals surface area contributed by atoms with Crippen LogP contribution in [0.15, 0.2) is 45.8 Å². The maximum atomic E-state index is 12.6. The summed E-state index contributed by atoms with van der Waals surface area (Å²) < 4.78 is 5.77. The molecule has 0 saturated carbocycles. The molecule has 1 heterocycles. The largest absolute Gasteiger partial charge is 0.504 e. The van der Waals surface area contributed by atoms with Gasteiger partial charge in [0, 0.05) is 15.1 Å². The van der Waals surface area contributed by atoms with Crippen molar-refractivity contribution >= 4 is 56.5 Å². The van der Waals surface area contributed by atoms with Crippen LogP contribution in [0.2, 0.25) is 5.02 Å². The average Bonchev–Trinajstić information content (AvgIpc) is 2.87. The number of hydrogen-bond donors (Lipinski definition) is 1. The number of benzene rings is 2. The van der Waals surface area contributed by atoms with Gasteiger partial charge in [-0.1, -0.05) is 45.7 Å². The van der Waals surface area contributed by atoms with E-state index in [0.717, 1.165) is 16.7 Å². The van der Waals surface area contributed by atoms with Gasteiger partial charge in [-0.05, 0) is 41.6 Å². The highest BCUT2D eigenvalue weighted by Gasteiger charge is 2.35. The van der Waals surface area contributed by atoms with Crippen molar-refractivity contribution in [2.45, 2.75) is 6.54 Å². The molecule has 0 spiro atoms. The first-order valence-corrected chi connectivity index (χ1v) is 9.44. The number of halogens is 2. The maximum Gasteiger partial charge on any atom is 0.293 e. The Hall–Kier alpha value is -1.96. The number of amides is 2. The fraction of sp³-hybridized carbons (Fsp3) is 0.111. The third kappa shape index (κ3) is 3.75. The van der Waals surface area contributed by atoms with Crippen LogP contribution in [0.25, 0.3) is 6.08 Å². The number of carbonyl (C=O) groups is 2. The summed E-state index contributed by atoms with van der Waals surface area (Å²) in [5.74, 6) is -0.271. The first kappa shape index (κ1) is 18.8. The number of methoxy groups -OCH3 is 1. The van der Waals surface area contributed by atoms with Gasteiger partial charge in [-0.25, -0.2) is 0 Å². The van der Waals surface area contributed by atoms with Crippen molar-refractivity contribution in [1.82, 2.24) is 4.90 Å². The van der Waals surface area contributed by atoms with Crippen LogP contribution in [0.5, 0.6) is 11.5 Å². The second kappa shape index (κ2) is 7.73. The number of ether oxygens (including phenoxy) is 1. The van der Waals surface area contributed by atoms with Gasteiger partial charge in [0.25, 0.3) is 11.1 Å². The molecule has 2 aromatic carbocycles. The summed E-state index contributed by atoms with van der Waals surface area (Å²) in [5, 5.41) is 10.3. The highest BCUT2D eigenvalue weighted by atomic mass is 79.9. The molecule has 134 valence electrons. The Morgan fingerprint density at radius 2 is 2.04 bits per heavy atom. The molecule has 0 radical (unpaired) electrons. The summed E-state index contributed by atoms with van der Waals surface area (Å²) in [6, 6.07) is 10.3. The SMILES string of the molecule is COc1cc(Br)cc(/C=C2\SC(=O)N(Cc3ccccc3Cl)C2=O)c1O. The molecule has 2 aromatic rings. The Kier molecular flexibility index (Phi) is 5.60.